The minimum atomic E-state index is 0.364. The Kier molecular flexibility index (Phi) is 5.82. The van der Waals surface area contributed by atoms with Gasteiger partial charge in [0.25, 0.3) is 0 Å². The summed E-state index contributed by atoms with van der Waals surface area (Å²) in [5.74, 6) is 0. The number of fused-ring (bicyclic) bond motifs is 1. The summed E-state index contributed by atoms with van der Waals surface area (Å²) in [6.45, 7) is 2.42. The molecule has 2 aromatic heterocycles. The molecule has 138 valence electrons. The van der Waals surface area contributed by atoms with Crippen LogP contribution in [0.15, 0.2) is 61.2 Å². The smallest absolute Gasteiger partial charge is 0.0724 e. The molecule has 4 rings (SSSR count). The van der Waals surface area contributed by atoms with Crippen molar-refractivity contribution in [2.24, 2.45) is 0 Å². The summed E-state index contributed by atoms with van der Waals surface area (Å²) in [6.07, 6.45) is 10.7. The van der Waals surface area contributed by atoms with Gasteiger partial charge in [0.15, 0.2) is 0 Å². The van der Waals surface area contributed by atoms with Crippen LogP contribution in [0, 0.1) is 0 Å². The van der Waals surface area contributed by atoms with Gasteiger partial charge in [-0.05, 0) is 42.0 Å². The van der Waals surface area contributed by atoms with Crippen molar-refractivity contribution in [2.75, 3.05) is 0 Å². The van der Waals surface area contributed by atoms with Gasteiger partial charge in [-0.15, -0.1) is 0 Å². The van der Waals surface area contributed by atoms with Crippen LogP contribution in [0.4, 0.5) is 0 Å². The maximum atomic E-state index is 4.61. The Labute approximate surface area is 160 Å². The van der Waals surface area contributed by atoms with Crippen molar-refractivity contribution in [2.45, 2.75) is 44.9 Å². The number of pyridine rings is 1. The Bertz CT molecular complexity index is 848. The number of rotatable bonds is 7. The van der Waals surface area contributed by atoms with Crippen LogP contribution in [-0.4, -0.2) is 15.0 Å². The van der Waals surface area contributed by atoms with Crippen molar-refractivity contribution in [3.05, 3.63) is 89.3 Å². The summed E-state index contributed by atoms with van der Waals surface area (Å²) >= 11 is 0. The number of hydrogen-bond donors (Lipinski definition) is 2. The van der Waals surface area contributed by atoms with Crippen molar-refractivity contribution < 1.29 is 0 Å². The number of aromatic nitrogens is 3. The van der Waals surface area contributed by atoms with Gasteiger partial charge in [0.2, 0.25) is 0 Å². The van der Waals surface area contributed by atoms with Crippen LogP contribution in [0.25, 0.3) is 0 Å². The van der Waals surface area contributed by atoms with Gasteiger partial charge in [-0.1, -0.05) is 30.3 Å². The molecular weight excluding hydrogens is 334 g/mol. The second-order valence-electron chi connectivity index (χ2n) is 6.99. The highest BCUT2D eigenvalue weighted by atomic mass is 14.9. The largest absolute Gasteiger partial charge is 0.307 e. The lowest BCUT2D eigenvalue weighted by atomic mass is 9.92. The van der Waals surface area contributed by atoms with E-state index in [9.17, 15) is 0 Å². The zero-order valence-electron chi connectivity index (χ0n) is 15.4. The van der Waals surface area contributed by atoms with Gasteiger partial charge in [-0.2, -0.15) is 0 Å². The van der Waals surface area contributed by atoms with Crippen LogP contribution in [-0.2, 0) is 26.1 Å². The molecule has 1 atom stereocenters. The second-order valence-corrected chi connectivity index (χ2v) is 6.99. The fraction of sp³-hybridized carbons (Fsp3) is 0.318. The van der Waals surface area contributed by atoms with Gasteiger partial charge >= 0.3 is 0 Å². The number of benzene rings is 1. The summed E-state index contributed by atoms with van der Waals surface area (Å²) < 4.78 is 0. The van der Waals surface area contributed by atoms with Gasteiger partial charge in [-0.25, -0.2) is 0 Å². The standard InChI is InChI=1S/C22H25N5/c1-3-19-4-2-10-26-22(19)21(5-1)27-14-18-8-6-17(7-9-18)13-24-16-20-15-23-11-12-25-20/h2,4,6-12,15,21,24,27H,1,3,5,13-14,16H2. The molecule has 0 amide bonds. The first kappa shape index (κ1) is 17.8. The predicted molar refractivity (Wildman–Crippen MR) is 106 cm³/mol. The minimum absolute atomic E-state index is 0.364. The second kappa shape index (κ2) is 8.84. The van der Waals surface area contributed by atoms with Crippen LogP contribution in [0.1, 0.15) is 47.0 Å². The molecule has 1 aliphatic carbocycles. The SMILES string of the molecule is c1cnc2c(c1)CCCC2NCc1ccc(CNCc2cnccn2)cc1. The summed E-state index contributed by atoms with van der Waals surface area (Å²) in [7, 11) is 0. The topological polar surface area (TPSA) is 62.7 Å². The van der Waals surface area contributed by atoms with E-state index in [2.05, 4.69) is 55.9 Å². The Morgan fingerprint density at radius 3 is 2.56 bits per heavy atom. The molecule has 0 radical (unpaired) electrons. The van der Waals surface area contributed by atoms with Crippen LogP contribution in [0.2, 0.25) is 0 Å². The fourth-order valence-corrected chi connectivity index (χ4v) is 3.58. The maximum Gasteiger partial charge on any atom is 0.0724 e. The first-order valence-electron chi connectivity index (χ1n) is 9.59. The molecule has 1 aliphatic rings. The van der Waals surface area contributed by atoms with E-state index in [1.807, 2.05) is 12.3 Å². The molecule has 1 unspecified atom stereocenters. The van der Waals surface area contributed by atoms with Gasteiger partial charge < -0.3 is 10.6 Å². The Morgan fingerprint density at radius 2 is 1.74 bits per heavy atom. The van der Waals surface area contributed by atoms with E-state index in [1.54, 1.807) is 18.6 Å². The Hall–Kier alpha value is -2.63. The molecule has 5 nitrogen and oxygen atoms in total. The molecular formula is C22H25N5. The summed E-state index contributed by atoms with van der Waals surface area (Å²) in [5, 5.41) is 7.09. The molecule has 0 aliphatic heterocycles. The summed E-state index contributed by atoms with van der Waals surface area (Å²) in [5.41, 5.74) is 6.15. The number of hydrogen-bond acceptors (Lipinski definition) is 5. The van der Waals surface area contributed by atoms with E-state index in [-0.39, 0.29) is 0 Å². The third kappa shape index (κ3) is 4.76. The van der Waals surface area contributed by atoms with Crippen molar-refractivity contribution in [1.82, 2.24) is 25.6 Å². The van der Waals surface area contributed by atoms with Crippen LogP contribution < -0.4 is 10.6 Å². The highest BCUT2D eigenvalue weighted by Gasteiger charge is 2.20. The van der Waals surface area contributed by atoms with Gasteiger partial charge in [0, 0.05) is 44.4 Å². The summed E-state index contributed by atoms with van der Waals surface area (Å²) in [6, 6.07) is 13.4. The van der Waals surface area contributed by atoms with E-state index in [0.29, 0.717) is 6.04 Å². The molecule has 5 heteroatoms. The van der Waals surface area contributed by atoms with Crippen molar-refractivity contribution in [1.29, 1.82) is 0 Å². The average molecular weight is 359 g/mol. The predicted octanol–water partition coefficient (Wildman–Crippen LogP) is 3.33. The number of nitrogens with zero attached hydrogens (tertiary/aromatic N) is 3. The van der Waals surface area contributed by atoms with E-state index in [1.165, 1.54) is 28.8 Å². The van der Waals surface area contributed by atoms with Gasteiger partial charge in [0.1, 0.15) is 0 Å². The maximum absolute atomic E-state index is 4.61. The molecule has 0 fully saturated rings. The molecule has 2 N–H and O–H groups in total. The molecule has 1 aromatic carbocycles. The fourth-order valence-electron chi connectivity index (χ4n) is 3.58. The van der Waals surface area contributed by atoms with E-state index < -0.39 is 0 Å². The first-order chi connectivity index (χ1) is 13.4. The molecule has 0 saturated carbocycles. The molecule has 0 bridgehead atoms. The lowest BCUT2D eigenvalue weighted by molar-refractivity contribution is 0.447. The Balaban J connectivity index is 1.27. The normalized spacial score (nSPS) is 16.1. The van der Waals surface area contributed by atoms with E-state index >= 15 is 0 Å². The Morgan fingerprint density at radius 1 is 0.889 bits per heavy atom. The van der Waals surface area contributed by atoms with E-state index in [0.717, 1.165) is 38.2 Å². The van der Waals surface area contributed by atoms with Gasteiger partial charge in [-0.3, -0.25) is 15.0 Å². The number of nitrogens with one attached hydrogen (secondary N) is 2. The third-order valence-corrected chi connectivity index (χ3v) is 5.02. The molecule has 0 saturated heterocycles. The van der Waals surface area contributed by atoms with Crippen molar-refractivity contribution in [3.8, 4) is 0 Å². The quantitative estimate of drug-likeness (QED) is 0.677. The molecule has 27 heavy (non-hydrogen) atoms. The first-order valence-corrected chi connectivity index (χ1v) is 9.59. The molecule has 2 heterocycles. The minimum Gasteiger partial charge on any atom is -0.307 e. The van der Waals surface area contributed by atoms with Crippen molar-refractivity contribution >= 4 is 0 Å². The zero-order chi connectivity index (χ0) is 18.3. The lowest BCUT2D eigenvalue weighted by Crippen LogP contribution is -2.25. The van der Waals surface area contributed by atoms with Crippen LogP contribution >= 0.6 is 0 Å². The highest BCUT2D eigenvalue weighted by Crippen LogP contribution is 2.27. The van der Waals surface area contributed by atoms with E-state index in [4.69, 9.17) is 0 Å². The summed E-state index contributed by atoms with van der Waals surface area (Å²) in [4.78, 5) is 13.0. The van der Waals surface area contributed by atoms with Crippen LogP contribution in [0.3, 0.4) is 0 Å². The number of aryl methyl sites for hydroxylation is 1. The third-order valence-electron chi connectivity index (χ3n) is 5.02. The monoisotopic (exact) mass is 359 g/mol. The molecule has 3 aromatic rings. The zero-order valence-corrected chi connectivity index (χ0v) is 15.4. The molecule has 0 spiro atoms. The van der Waals surface area contributed by atoms with Crippen molar-refractivity contribution in [3.63, 3.8) is 0 Å². The average Bonchev–Trinajstić information content (AvgIpc) is 2.74. The van der Waals surface area contributed by atoms with Crippen LogP contribution in [0.5, 0.6) is 0 Å². The van der Waals surface area contributed by atoms with Gasteiger partial charge in [0.05, 0.1) is 17.4 Å². The highest BCUT2D eigenvalue weighted by molar-refractivity contribution is 5.26. The lowest BCUT2D eigenvalue weighted by Gasteiger charge is -2.25.